The van der Waals surface area contributed by atoms with Gasteiger partial charge < -0.3 is 54.6 Å². The van der Waals surface area contributed by atoms with Crippen molar-refractivity contribution in [1.29, 1.82) is 0 Å². The number of ether oxygens (including phenoxy) is 2. The molecule has 0 aliphatic carbocycles. The Morgan fingerprint density at radius 1 is 1.08 bits per heavy atom. The van der Waals surface area contributed by atoms with E-state index in [1.165, 1.54) is 6.92 Å². The number of amides is 2. The van der Waals surface area contributed by atoms with Gasteiger partial charge in [0.05, 0.1) is 13.2 Å². The summed E-state index contributed by atoms with van der Waals surface area (Å²) in [5.74, 6) is -0.926. The molecular weight excluding hydrogens is 578 g/mol. The molecule has 1 heterocycles. The third-order valence-corrected chi connectivity index (χ3v) is 7.24. The first-order valence-electron chi connectivity index (χ1n) is 11.2. The van der Waals surface area contributed by atoms with Gasteiger partial charge in [0.25, 0.3) is 0 Å². The van der Waals surface area contributed by atoms with Crippen molar-refractivity contribution in [2.24, 2.45) is 5.92 Å². The minimum Gasteiger partial charge on any atom is -0.394 e. The molecular formula is C18H36N2O13P2S2. The number of hydrogen-bond acceptors (Lipinski definition) is 12. The molecule has 0 bridgehead atoms. The summed E-state index contributed by atoms with van der Waals surface area (Å²) in [5, 5.41) is 34.7. The number of aliphatic hydroxyl groups excluding tert-OH is 3. The normalized spacial score (nSPS) is 26.8. The second-order valence-corrected chi connectivity index (χ2v) is 13.8. The van der Waals surface area contributed by atoms with Crippen molar-refractivity contribution in [1.82, 2.24) is 10.6 Å². The van der Waals surface area contributed by atoms with Crippen LogP contribution in [-0.4, -0.2) is 106 Å². The first-order valence-corrected chi connectivity index (χ1v) is 16.5. The van der Waals surface area contributed by atoms with Gasteiger partial charge in [-0.05, 0) is 42.4 Å². The van der Waals surface area contributed by atoms with Crippen LogP contribution in [0.2, 0.25) is 0 Å². The van der Waals surface area contributed by atoms with Crippen LogP contribution in [0.4, 0.5) is 0 Å². The van der Waals surface area contributed by atoms with Gasteiger partial charge in [-0.2, -0.15) is 0 Å². The first kappa shape index (κ1) is 34.8. The van der Waals surface area contributed by atoms with Crippen LogP contribution in [0.3, 0.4) is 0 Å². The molecule has 1 aliphatic heterocycles. The van der Waals surface area contributed by atoms with Crippen LogP contribution in [0.1, 0.15) is 33.1 Å². The summed E-state index contributed by atoms with van der Waals surface area (Å²) in [6.07, 6.45) is -3.88. The predicted octanol–water partition coefficient (Wildman–Crippen LogP) is -1.70. The fraction of sp³-hybridized carbons (Fsp3) is 0.889. The van der Waals surface area contributed by atoms with E-state index in [1.54, 1.807) is 6.92 Å². The van der Waals surface area contributed by atoms with Crippen molar-refractivity contribution >= 4 is 48.9 Å². The third kappa shape index (κ3) is 14.7. The zero-order valence-electron chi connectivity index (χ0n) is 20.4. The molecule has 19 heteroatoms. The van der Waals surface area contributed by atoms with Gasteiger partial charge in [0.1, 0.15) is 24.4 Å². The molecule has 7 atom stereocenters. The summed E-state index contributed by atoms with van der Waals surface area (Å²) in [6, 6.07) is -1.03. The first-order chi connectivity index (χ1) is 17.1. The minimum absolute atomic E-state index is 0.0411. The molecule has 1 saturated heterocycles. The second-order valence-electron chi connectivity index (χ2n) is 8.30. The Labute approximate surface area is 224 Å². The molecule has 37 heavy (non-hydrogen) atoms. The van der Waals surface area contributed by atoms with Gasteiger partial charge in [0, 0.05) is 26.5 Å². The van der Waals surface area contributed by atoms with E-state index in [-0.39, 0.29) is 38.0 Å². The van der Waals surface area contributed by atoms with Gasteiger partial charge in [-0.15, -0.1) is 0 Å². The highest BCUT2D eigenvalue weighted by molar-refractivity contribution is 8.07. The number of nitrogens with one attached hydrogen (secondary N) is 2. The Hall–Kier alpha value is -0.200. The van der Waals surface area contributed by atoms with Gasteiger partial charge in [0.2, 0.25) is 11.8 Å². The van der Waals surface area contributed by atoms with Crippen molar-refractivity contribution < 1.29 is 62.6 Å². The minimum atomic E-state index is -3.94. The molecule has 1 aliphatic rings. The van der Waals surface area contributed by atoms with E-state index in [4.69, 9.17) is 40.1 Å². The number of hydrogen-bond donors (Lipinski definition) is 8. The monoisotopic (exact) mass is 614 g/mol. The van der Waals surface area contributed by atoms with E-state index in [0.717, 1.165) is 0 Å². The standard InChI is InChI=1S/C18H36N2O13P2S2/c1-11(9-30-35(28,37)32-10-31-34(26,27)36)7-19-14(23)5-3-4-6-29-18-15(20-12(2)22)17(25)16(24)13(8-21)33-18/h11,13,15-18,21,24-25H,3-10H2,1-2H3,(H,19,23)(H,20,22)(H,28,37)(H2,26,27,36)/t11?,13?,15?,16-,17+,18+,35?/m0/s1. The molecule has 0 spiro atoms. The van der Waals surface area contributed by atoms with Crippen molar-refractivity contribution in [3.63, 3.8) is 0 Å². The molecule has 2 amide bonds. The molecule has 0 aromatic carbocycles. The Balaban J connectivity index is 2.28. The average Bonchev–Trinajstić information content (AvgIpc) is 2.79. The summed E-state index contributed by atoms with van der Waals surface area (Å²) in [7, 11) is 0. The van der Waals surface area contributed by atoms with E-state index in [2.05, 4.69) is 27.0 Å². The quantitative estimate of drug-likeness (QED) is 0.0519. The largest absolute Gasteiger partial charge is 0.394 e. The van der Waals surface area contributed by atoms with Crippen LogP contribution in [0.25, 0.3) is 0 Å². The lowest BCUT2D eigenvalue weighted by molar-refractivity contribution is -0.270. The molecule has 0 aromatic rings. The van der Waals surface area contributed by atoms with Gasteiger partial charge >= 0.3 is 13.4 Å². The Morgan fingerprint density at radius 3 is 2.35 bits per heavy atom. The van der Waals surface area contributed by atoms with Crippen molar-refractivity contribution in [2.45, 2.75) is 63.8 Å². The molecule has 4 unspecified atom stereocenters. The fourth-order valence-electron chi connectivity index (χ4n) is 3.05. The molecule has 15 nitrogen and oxygen atoms in total. The van der Waals surface area contributed by atoms with Crippen LogP contribution in [-0.2, 0) is 56.2 Å². The number of unbranched alkanes of at least 4 members (excludes halogenated alkanes) is 1. The summed E-state index contributed by atoms with van der Waals surface area (Å²) in [6.45, 7) is -5.62. The van der Waals surface area contributed by atoms with Gasteiger partial charge in [0.15, 0.2) is 13.1 Å². The number of aliphatic hydroxyl groups is 3. The molecule has 0 aromatic heterocycles. The number of carbonyl (C=O) groups is 2. The van der Waals surface area contributed by atoms with E-state index >= 15 is 0 Å². The lowest BCUT2D eigenvalue weighted by atomic mass is 9.97. The van der Waals surface area contributed by atoms with E-state index in [0.29, 0.717) is 12.8 Å². The zero-order chi connectivity index (χ0) is 28.2. The highest BCUT2D eigenvalue weighted by Crippen LogP contribution is 2.46. The lowest BCUT2D eigenvalue weighted by Gasteiger charge is -2.42. The maximum Gasteiger partial charge on any atom is 0.326 e. The second kappa shape index (κ2) is 16.8. The fourth-order valence-corrected chi connectivity index (χ4v) is 4.47. The molecule has 0 saturated carbocycles. The number of rotatable bonds is 17. The molecule has 1 rings (SSSR count). The Bertz CT molecular complexity index is 820. The van der Waals surface area contributed by atoms with Crippen LogP contribution in [0.5, 0.6) is 0 Å². The SMILES string of the molecule is CC(=O)NC1[C@H](OCCCCC(=O)NCC(C)COP(O)(=S)OCOP(O)(O)=S)OC(CO)[C@H](O)[C@@H]1O. The highest BCUT2D eigenvalue weighted by atomic mass is 32.5. The van der Waals surface area contributed by atoms with Crippen molar-refractivity contribution in [3.8, 4) is 0 Å². The van der Waals surface area contributed by atoms with Gasteiger partial charge in [-0.3, -0.25) is 18.6 Å². The van der Waals surface area contributed by atoms with E-state index < -0.39 is 63.4 Å². The molecule has 1 fully saturated rings. The van der Waals surface area contributed by atoms with Crippen molar-refractivity contribution in [3.05, 3.63) is 0 Å². The lowest BCUT2D eigenvalue weighted by Crippen LogP contribution is -2.64. The van der Waals surface area contributed by atoms with Crippen LogP contribution >= 0.6 is 13.4 Å². The van der Waals surface area contributed by atoms with E-state index in [1.807, 2.05) is 0 Å². The smallest absolute Gasteiger partial charge is 0.326 e. The van der Waals surface area contributed by atoms with Gasteiger partial charge in [-0.25, -0.2) is 0 Å². The summed E-state index contributed by atoms with van der Waals surface area (Å²) in [5.41, 5.74) is 0. The summed E-state index contributed by atoms with van der Waals surface area (Å²) < 4.78 is 25.3. The number of carbonyl (C=O) groups excluding carboxylic acids is 2. The average molecular weight is 615 g/mol. The van der Waals surface area contributed by atoms with Crippen LogP contribution in [0, 0.1) is 5.92 Å². The predicted molar refractivity (Wildman–Crippen MR) is 136 cm³/mol. The molecule has 218 valence electrons. The van der Waals surface area contributed by atoms with Crippen LogP contribution in [0.15, 0.2) is 0 Å². The Morgan fingerprint density at radius 2 is 1.76 bits per heavy atom. The molecule has 8 N–H and O–H groups in total. The maximum atomic E-state index is 12.1. The maximum absolute atomic E-state index is 12.1. The third-order valence-electron chi connectivity index (χ3n) is 4.94. The topological polar surface area (TPSA) is 226 Å². The van der Waals surface area contributed by atoms with Crippen LogP contribution < -0.4 is 10.6 Å². The molecule has 0 radical (unpaired) electrons. The van der Waals surface area contributed by atoms with Crippen molar-refractivity contribution in [2.75, 3.05) is 33.2 Å². The summed E-state index contributed by atoms with van der Waals surface area (Å²) >= 11 is 8.99. The highest BCUT2D eigenvalue weighted by Gasteiger charge is 2.45. The Kier molecular flexibility index (Phi) is 15.8. The summed E-state index contributed by atoms with van der Waals surface area (Å²) in [4.78, 5) is 51.2. The van der Waals surface area contributed by atoms with E-state index in [9.17, 15) is 29.8 Å². The van der Waals surface area contributed by atoms with Gasteiger partial charge in [-0.1, -0.05) is 6.92 Å². The zero-order valence-corrected chi connectivity index (χ0v) is 23.8.